The Bertz CT molecular complexity index is 1400. The van der Waals surface area contributed by atoms with Crippen LogP contribution in [0.5, 0.6) is 0 Å². The number of nitro groups is 1. The van der Waals surface area contributed by atoms with Gasteiger partial charge in [0.2, 0.25) is 0 Å². The van der Waals surface area contributed by atoms with Crippen molar-refractivity contribution < 1.29 is 14.5 Å². The molecule has 9 heteroatoms. The molecule has 2 aromatic carbocycles. The first kappa shape index (κ1) is 26.3. The van der Waals surface area contributed by atoms with Crippen LogP contribution in [0.15, 0.2) is 69.3 Å². The molecule has 0 radical (unpaired) electrons. The van der Waals surface area contributed by atoms with Gasteiger partial charge in [0.25, 0.3) is 16.8 Å². The second-order valence-corrected chi connectivity index (χ2v) is 11.9. The quantitative estimate of drug-likeness (QED) is 0.171. The third-order valence-electron chi connectivity index (χ3n) is 7.17. The molecule has 2 heterocycles. The first-order valence-corrected chi connectivity index (χ1v) is 14.4. The van der Waals surface area contributed by atoms with Crippen molar-refractivity contribution in [1.82, 2.24) is 9.47 Å². The van der Waals surface area contributed by atoms with Crippen molar-refractivity contribution in [2.75, 3.05) is 6.54 Å². The van der Waals surface area contributed by atoms with Gasteiger partial charge in [-0.1, -0.05) is 31.0 Å². The summed E-state index contributed by atoms with van der Waals surface area (Å²) in [7, 11) is 0. The summed E-state index contributed by atoms with van der Waals surface area (Å²) < 4.78 is 2.14. The fourth-order valence-electron chi connectivity index (χ4n) is 5.19. The minimum absolute atomic E-state index is 0.0769. The normalized spacial score (nSPS) is 17.5. The molecule has 0 spiro atoms. The third-order valence-corrected chi connectivity index (χ3v) is 9.10. The predicted molar refractivity (Wildman–Crippen MR) is 152 cm³/mol. The van der Waals surface area contributed by atoms with Crippen LogP contribution in [0.1, 0.15) is 49.1 Å². The molecule has 3 aromatic rings. The summed E-state index contributed by atoms with van der Waals surface area (Å²) in [6.07, 6.45) is 7.64. The summed E-state index contributed by atoms with van der Waals surface area (Å²) in [6, 6.07) is 16.7. The lowest BCUT2D eigenvalue weighted by atomic mass is 9.89. The Morgan fingerprint density at radius 2 is 1.63 bits per heavy atom. The van der Waals surface area contributed by atoms with Crippen LogP contribution in [0.2, 0.25) is 0 Å². The van der Waals surface area contributed by atoms with E-state index in [2.05, 4.69) is 4.57 Å². The monoisotopic (exact) mass is 547 g/mol. The highest BCUT2D eigenvalue weighted by atomic mass is 32.2. The number of carbonyl (C=O) groups is 2. The first-order valence-electron chi connectivity index (χ1n) is 12.8. The maximum absolute atomic E-state index is 13.1. The molecular weight excluding hydrogens is 518 g/mol. The van der Waals surface area contributed by atoms with Crippen molar-refractivity contribution in [3.05, 3.63) is 86.6 Å². The van der Waals surface area contributed by atoms with E-state index in [1.165, 1.54) is 36.3 Å². The maximum atomic E-state index is 13.1. The van der Waals surface area contributed by atoms with E-state index in [4.69, 9.17) is 0 Å². The number of nitro benzene ring substituents is 1. The molecule has 1 saturated carbocycles. The zero-order valence-electron chi connectivity index (χ0n) is 21.4. The minimum Gasteiger partial charge on any atom is -0.318 e. The van der Waals surface area contributed by atoms with Crippen LogP contribution < -0.4 is 0 Å². The van der Waals surface area contributed by atoms with Crippen molar-refractivity contribution in [3.8, 4) is 5.69 Å². The van der Waals surface area contributed by atoms with Gasteiger partial charge in [-0.15, -0.1) is 0 Å². The number of nitrogens with zero attached hydrogens (tertiary/aromatic N) is 3. The fourth-order valence-corrected chi connectivity index (χ4v) is 6.85. The van der Waals surface area contributed by atoms with Gasteiger partial charge in [-0.3, -0.25) is 24.6 Å². The zero-order chi connectivity index (χ0) is 26.8. The van der Waals surface area contributed by atoms with E-state index in [0.717, 1.165) is 57.0 Å². The fraction of sp³-hybridized carbons (Fsp3) is 0.310. The van der Waals surface area contributed by atoms with Crippen LogP contribution in [-0.2, 0) is 4.79 Å². The average Bonchev–Trinajstić information content (AvgIpc) is 3.34. The number of aromatic nitrogens is 1. The lowest BCUT2D eigenvalue weighted by Crippen LogP contribution is -2.34. The van der Waals surface area contributed by atoms with Gasteiger partial charge in [0.15, 0.2) is 0 Å². The van der Waals surface area contributed by atoms with Crippen LogP contribution in [-0.4, -0.2) is 32.1 Å². The number of rotatable bonds is 7. The van der Waals surface area contributed by atoms with E-state index in [9.17, 15) is 19.7 Å². The second kappa shape index (κ2) is 11.2. The van der Waals surface area contributed by atoms with Gasteiger partial charge in [0, 0.05) is 45.5 Å². The van der Waals surface area contributed by atoms with Gasteiger partial charge in [0.05, 0.1) is 9.83 Å². The van der Waals surface area contributed by atoms with Crippen molar-refractivity contribution in [3.63, 3.8) is 0 Å². The van der Waals surface area contributed by atoms with Crippen LogP contribution >= 0.6 is 23.5 Å². The molecule has 196 valence electrons. The van der Waals surface area contributed by atoms with Gasteiger partial charge in [-0.05, 0) is 98.5 Å². The SMILES string of the molecule is Cc1cc(/C=C2/SC(=O)N(CC3CCCCC3)C2=O)c(C)n1-c1ccc(Sc2ccc([N+](=O)[O-])cc2)cc1. The van der Waals surface area contributed by atoms with E-state index in [1.807, 2.05) is 50.3 Å². The molecule has 2 amide bonds. The Morgan fingerprint density at radius 3 is 2.26 bits per heavy atom. The number of hydrogen-bond acceptors (Lipinski definition) is 6. The van der Waals surface area contributed by atoms with Gasteiger partial charge in [0.1, 0.15) is 0 Å². The smallest absolute Gasteiger partial charge is 0.293 e. The third kappa shape index (κ3) is 5.59. The number of aryl methyl sites for hydroxylation is 1. The standard InChI is InChI=1S/C29H29N3O4S2/c1-19-16-22(17-27-28(33)30(29(34)38-27)18-21-6-4-3-5-7-21)20(2)31(19)23-8-12-25(13-9-23)37-26-14-10-24(11-15-26)32(35)36/h8-17,21H,3-7,18H2,1-2H3/b27-17+. The summed E-state index contributed by atoms with van der Waals surface area (Å²) in [5, 5.41) is 10.7. The van der Waals surface area contributed by atoms with E-state index < -0.39 is 4.92 Å². The molecule has 1 aromatic heterocycles. The molecule has 5 rings (SSSR count). The molecule has 0 N–H and O–H groups in total. The number of carbonyl (C=O) groups excluding carboxylic acids is 2. The van der Waals surface area contributed by atoms with Crippen LogP contribution in [0.25, 0.3) is 11.8 Å². The molecule has 7 nitrogen and oxygen atoms in total. The molecule has 0 atom stereocenters. The highest BCUT2D eigenvalue weighted by molar-refractivity contribution is 8.18. The Labute approximate surface area is 230 Å². The molecule has 2 fully saturated rings. The number of benzene rings is 2. The highest BCUT2D eigenvalue weighted by Crippen LogP contribution is 2.36. The van der Waals surface area contributed by atoms with E-state index in [0.29, 0.717) is 17.4 Å². The molecule has 0 unspecified atom stereocenters. The maximum Gasteiger partial charge on any atom is 0.293 e. The largest absolute Gasteiger partial charge is 0.318 e. The zero-order valence-corrected chi connectivity index (χ0v) is 23.0. The van der Waals surface area contributed by atoms with Crippen LogP contribution in [0.3, 0.4) is 0 Å². The summed E-state index contributed by atoms with van der Waals surface area (Å²) in [5.74, 6) is 0.242. The van der Waals surface area contributed by atoms with E-state index in [1.54, 1.807) is 23.9 Å². The van der Waals surface area contributed by atoms with Gasteiger partial charge in [-0.2, -0.15) is 0 Å². The second-order valence-electron chi connectivity index (χ2n) is 9.81. The van der Waals surface area contributed by atoms with Crippen molar-refractivity contribution in [2.24, 2.45) is 5.92 Å². The lowest BCUT2D eigenvalue weighted by Gasteiger charge is -2.25. The topological polar surface area (TPSA) is 85.5 Å². The number of amides is 2. The summed E-state index contributed by atoms with van der Waals surface area (Å²) in [4.78, 5) is 40.1. The molecule has 38 heavy (non-hydrogen) atoms. The first-order chi connectivity index (χ1) is 18.3. The van der Waals surface area contributed by atoms with Crippen molar-refractivity contribution >= 4 is 46.4 Å². The highest BCUT2D eigenvalue weighted by Gasteiger charge is 2.36. The van der Waals surface area contributed by atoms with Crippen LogP contribution in [0.4, 0.5) is 10.5 Å². The molecule has 1 aliphatic carbocycles. The number of non-ortho nitro benzene ring substituents is 1. The van der Waals surface area contributed by atoms with Gasteiger partial charge >= 0.3 is 0 Å². The summed E-state index contributed by atoms with van der Waals surface area (Å²) >= 11 is 2.58. The predicted octanol–water partition coefficient (Wildman–Crippen LogP) is 7.77. The van der Waals surface area contributed by atoms with Gasteiger partial charge < -0.3 is 4.57 Å². The number of imide groups is 1. The average molecular weight is 548 g/mol. The van der Waals surface area contributed by atoms with Crippen molar-refractivity contribution in [2.45, 2.75) is 55.7 Å². The molecule has 1 saturated heterocycles. The van der Waals surface area contributed by atoms with E-state index in [-0.39, 0.29) is 16.8 Å². The number of thioether (sulfide) groups is 1. The minimum atomic E-state index is -0.401. The molecule has 2 aliphatic rings. The van der Waals surface area contributed by atoms with Crippen molar-refractivity contribution in [1.29, 1.82) is 0 Å². The molecular formula is C29H29N3O4S2. The molecule has 0 bridgehead atoms. The summed E-state index contributed by atoms with van der Waals surface area (Å²) in [6.45, 7) is 4.58. The Morgan fingerprint density at radius 1 is 1.00 bits per heavy atom. The van der Waals surface area contributed by atoms with E-state index >= 15 is 0 Å². The Hall–Kier alpha value is -3.30. The van der Waals surface area contributed by atoms with Gasteiger partial charge in [-0.25, -0.2) is 0 Å². The number of hydrogen-bond donors (Lipinski definition) is 0. The Balaban J connectivity index is 1.31. The molecule has 1 aliphatic heterocycles. The summed E-state index contributed by atoms with van der Waals surface area (Å²) in [5.41, 5.74) is 4.03. The van der Waals surface area contributed by atoms with Crippen LogP contribution in [0, 0.1) is 29.9 Å². The lowest BCUT2D eigenvalue weighted by molar-refractivity contribution is -0.384. The Kier molecular flexibility index (Phi) is 7.76.